The number of amides is 1. The third kappa shape index (κ3) is 3.92. The number of rotatable bonds is 5. The topological polar surface area (TPSA) is 55.6 Å². The van der Waals surface area contributed by atoms with Crippen LogP contribution in [0.3, 0.4) is 0 Å². The van der Waals surface area contributed by atoms with Crippen molar-refractivity contribution < 1.29 is 14.1 Å². The van der Waals surface area contributed by atoms with Crippen molar-refractivity contribution in [2.24, 2.45) is 5.92 Å². The molecular formula is C18H22N2O3. The zero-order chi connectivity index (χ0) is 16.2. The van der Waals surface area contributed by atoms with Gasteiger partial charge >= 0.3 is 0 Å². The van der Waals surface area contributed by atoms with Crippen molar-refractivity contribution >= 4 is 5.91 Å². The fourth-order valence-electron chi connectivity index (χ4n) is 2.78. The fourth-order valence-corrected chi connectivity index (χ4v) is 2.78. The van der Waals surface area contributed by atoms with Gasteiger partial charge in [-0.25, -0.2) is 0 Å². The summed E-state index contributed by atoms with van der Waals surface area (Å²) in [5, 5.41) is 3.98. The molecular weight excluding hydrogens is 292 g/mol. The first kappa shape index (κ1) is 15.6. The van der Waals surface area contributed by atoms with Gasteiger partial charge in [0.1, 0.15) is 11.9 Å². The summed E-state index contributed by atoms with van der Waals surface area (Å²) in [6, 6.07) is 11.5. The highest BCUT2D eigenvalue weighted by Gasteiger charge is 2.30. The van der Waals surface area contributed by atoms with Crippen LogP contribution in [0.5, 0.6) is 5.75 Å². The van der Waals surface area contributed by atoms with Gasteiger partial charge in [0.15, 0.2) is 0 Å². The van der Waals surface area contributed by atoms with Crippen molar-refractivity contribution in [3.63, 3.8) is 0 Å². The second-order valence-corrected chi connectivity index (χ2v) is 6.37. The van der Waals surface area contributed by atoms with Crippen molar-refractivity contribution in [2.75, 3.05) is 13.1 Å². The zero-order valence-electron chi connectivity index (χ0n) is 13.6. The molecule has 1 fully saturated rings. The van der Waals surface area contributed by atoms with Gasteiger partial charge < -0.3 is 14.2 Å². The monoisotopic (exact) mass is 314 g/mol. The molecule has 0 aliphatic carbocycles. The van der Waals surface area contributed by atoms with Gasteiger partial charge in [-0.3, -0.25) is 4.79 Å². The zero-order valence-corrected chi connectivity index (χ0v) is 13.6. The highest BCUT2D eigenvalue weighted by molar-refractivity contribution is 5.91. The van der Waals surface area contributed by atoms with Crippen LogP contribution in [0.2, 0.25) is 0 Å². The van der Waals surface area contributed by atoms with E-state index in [0.29, 0.717) is 24.8 Å². The molecule has 1 aromatic heterocycles. The van der Waals surface area contributed by atoms with E-state index in [2.05, 4.69) is 19.0 Å². The number of likely N-dealkylation sites (tertiary alicyclic amines) is 1. The van der Waals surface area contributed by atoms with Gasteiger partial charge in [0.05, 0.1) is 12.2 Å². The van der Waals surface area contributed by atoms with E-state index < -0.39 is 0 Å². The minimum absolute atomic E-state index is 0.0272. The van der Waals surface area contributed by atoms with Crippen LogP contribution in [0.1, 0.15) is 36.5 Å². The largest absolute Gasteiger partial charge is 0.489 e. The number of hydrogen-bond acceptors (Lipinski definition) is 4. The first-order chi connectivity index (χ1) is 11.1. The van der Waals surface area contributed by atoms with Crippen molar-refractivity contribution in [3.05, 3.63) is 47.9 Å². The average molecular weight is 314 g/mol. The molecule has 1 aromatic carbocycles. The Balaban J connectivity index is 1.58. The van der Waals surface area contributed by atoms with Crippen LogP contribution in [-0.2, 0) is 6.42 Å². The van der Waals surface area contributed by atoms with Crippen LogP contribution in [0.4, 0.5) is 0 Å². The Hall–Kier alpha value is -2.30. The second kappa shape index (κ2) is 6.86. The number of nitrogens with zero attached hydrogens (tertiary/aromatic N) is 2. The Morgan fingerprint density at radius 1 is 1.39 bits per heavy atom. The Morgan fingerprint density at radius 3 is 2.91 bits per heavy atom. The SMILES string of the molecule is CC(C)Cc1cc(C(=O)N2CCC(Oc3ccccc3)C2)on1. The normalized spacial score (nSPS) is 17.7. The molecule has 1 unspecified atom stereocenters. The molecule has 2 heterocycles. The maximum Gasteiger partial charge on any atom is 0.292 e. The first-order valence-corrected chi connectivity index (χ1v) is 8.08. The smallest absolute Gasteiger partial charge is 0.292 e. The van der Waals surface area contributed by atoms with Crippen molar-refractivity contribution in [1.82, 2.24) is 10.1 Å². The summed E-state index contributed by atoms with van der Waals surface area (Å²) in [4.78, 5) is 14.3. The summed E-state index contributed by atoms with van der Waals surface area (Å²) in [7, 11) is 0. The molecule has 5 nitrogen and oxygen atoms in total. The van der Waals surface area contributed by atoms with Gasteiger partial charge in [-0.05, 0) is 24.5 Å². The van der Waals surface area contributed by atoms with Gasteiger partial charge in [0.2, 0.25) is 5.76 Å². The summed E-state index contributed by atoms with van der Waals surface area (Å²) >= 11 is 0. The molecule has 23 heavy (non-hydrogen) atoms. The lowest BCUT2D eigenvalue weighted by Crippen LogP contribution is -2.30. The molecule has 0 radical (unpaired) electrons. The van der Waals surface area contributed by atoms with Gasteiger partial charge in [-0.2, -0.15) is 0 Å². The summed E-state index contributed by atoms with van der Waals surface area (Å²) in [5.74, 6) is 1.54. The molecule has 122 valence electrons. The number of para-hydroxylation sites is 1. The predicted octanol–water partition coefficient (Wildman–Crippen LogP) is 3.17. The number of ether oxygens (including phenoxy) is 1. The van der Waals surface area contributed by atoms with Crippen LogP contribution >= 0.6 is 0 Å². The number of hydrogen-bond donors (Lipinski definition) is 0. The van der Waals surface area contributed by atoms with Crippen LogP contribution in [0, 0.1) is 5.92 Å². The summed E-state index contributed by atoms with van der Waals surface area (Å²) in [6.07, 6.45) is 1.67. The van der Waals surface area contributed by atoms with E-state index in [1.54, 1.807) is 11.0 Å². The van der Waals surface area contributed by atoms with Gasteiger partial charge in [0, 0.05) is 19.0 Å². The van der Waals surface area contributed by atoms with E-state index in [0.717, 1.165) is 24.3 Å². The van der Waals surface area contributed by atoms with Crippen LogP contribution in [0.15, 0.2) is 40.9 Å². The van der Waals surface area contributed by atoms with E-state index in [1.165, 1.54) is 0 Å². The first-order valence-electron chi connectivity index (χ1n) is 8.08. The van der Waals surface area contributed by atoms with Crippen molar-refractivity contribution in [2.45, 2.75) is 32.8 Å². The number of carbonyl (C=O) groups is 1. The lowest BCUT2D eigenvalue weighted by atomic mass is 10.1. The maximum absolute atomic E-state index is 12.5. The molecule has 3 rings (SSSR count). The van der Waals surface area contributed by atoms with Crippen LogP contribution in [-0.4, -0.2) is 35.2 Å². The Morgan fingerprint density at radius 2 is 2.17 bits per heavy atom. The molecule has 0 N–H and O–H groups in total. The lowest BCUT2D eigenvalue weighted by Gasteiger charge is -2.15. The second-order valence-electron chi connectivity index (χ2n) is 6.37. The molecule has 0 bridgehead atoms. The highest BCUT2D eigenvalue weighted by Crippen LogP contribution is 2.20. The Bertz CT molecular complexity index is 651. The van der Waals surface area contributed by atoms with E-state index in [1.807, 2.05) is 30.3 Å². The standard InChI is InChI=1S/C18H22N2O3/c1-13(2)10-14-11-17(23-19-14)18(21)20-9-8-16(12-20)22-15-6-4-3-5-7-15/h3-7,11,13,16H,8-10,12H2,1-2H3. The average Bonchev–Trinajstić information content (AvgIpc) is 3.17. The van der Waals surface area contributed by atoms with Gasteiger partial charge in [-0.1, -0.05) is 37.2 Å². The molecule has 0 saturated carbocycles. The lowest BCUT2D eigenvalue weighted by molar-refractivity contribution is 0.0731. The number of benzene rings is 1. The third-order valence-corrected chi connectivity index (χ3v) is 3.87. The highest BCUT2D eigenvalue weighted by atomic mass is 16.5. The third-order valence-electron chi connectivity index (χ3n) is 3.87. The fraction of sp³-hybridized carbons (Fsp3) is 0.444. The van der Waals surface area contributed by atoms with Crippen molar-refractivity contribution in [1.29, 1.82) is 0 Å². The number of aromatic nitrogens is 1. The van der Waals surface area contributed by atoms with E-state index in [9.17, 15) is 4.79 Å². The molecule has 2 aromatic rings. The molecule has 1 saturated heterocycles. The van der Waals surface area contributed by atoms with E-state index in [4.69, 9.17) is 9.26 Å². The minimum atomic E-state index is -0.105. The Kier molecular flexibility index (Phi) is 4.65. The molecule has 1 aliphatic heterocycles. The quantitative estimate of drug-likeness (QED) is 0.850. The van der Waals surface area contributed by atoms with Gasteiger partial charge in [-0.15, -0.1) is 0 Å². The minimum Gasteiger partial charge on any atom is -0.489 e. The summed E-state index contributed by atoms with van der Waals surface area (Å²) < 4.78 is 11.1. The molecule has 5 heteroatoms. The van der Waals surface area contributed by atoms with E-state index in [-0.39, 0.29) is 12.0 Å². The molecule has 0 spiro atoms. The Labute approximate surface area is 136 Å². The summed E-state index contributed by atoms with van der Waals surface area (Å²) in [5.41, 5.74) is 0.833. The van der Waals surface area contributed by atoms with Crippen LogP contribution in [0.25, 0.3) is 0 Å². The molecule has 1 atom stereocenters. The van der Waals surface area contributed by atoms with Crippen LogP contribution < -0.4 is 4.74 Å². The predicted molar refractivity (Wildman–Crippen MR) is 86.4 cm³/mol. The van der Waals surface area contributed by atoms with E-state index >= 15 is 0 Å². The van der Waals surface area contributed by atoms with Crippen molar-refractivity contribution in [3.8, 4) is 5.75 Å². The molecule has 1 aliphatic rings. The summed E-state index contributed by atoms with van der Waals surface area (Å²) in [6.45, 7) is 5.48. The van der Waals surface area contributed by atoms with Gasteiger partial charge in [0.25, 0.3) is 5.91 Å². The molecule has 1 amide bonds. The maximum atomic E-state index is 12.5. The number of carbonyl (C=O) groups excluding carboxylic acids is 1.